The van der Waals surface area contributed by atoms with Crippen molar-refractivity contribution in [3.05, 3.63) is 0 Å². The molecule has 4 nitrogen and oxygen atoms in total. The molecule has 4 heteroatoms. The molecule has 0 fully saturated rings. The zero-order chi connectivity index (χ0) is 13.3. The van der Waals surface area contributed by atoms with Crippen molar-refractivity contribution in [2.75, 3.05) is 47.3 Å². The van der Waals surface area contributed by atoms with Crippen molar-refractivity contribution in [2.24, 2.45) is 5.92 Å². The molecule has 0 rings (SSSR count). The number of hydrogen-bond acceptors (Lipinski definition) is 3. The van der Waals surface area contributed by atoms with Crippen LogP contribution in [-0.2, 0) is 4.79 Å². The average Bonchev–Trinajstić information content (AvgIpc) is 2.23. The lowest BCUT2D eigenvalue weighted by molar-refractivity contribution is -0.123. The van der Waals surface area contributed by atoms with Crippen LogP contribution in [-0.4, -0.2) is 63.0 Å². The van der Waals surface area contributed by atoms with Crippen molar-refractivity contribution in [2.45, 2.75) is 26.7 Å². The third-order valence-corrected chi connectivity index (χ3v) is 2.69. The van der Waals surface area contributed by atoms with Crippen molar-refractivity contribution in [1.82, 2.24) is 15.1 Å². The second kappa shape index (κ2) is 9.42. The van der Waals surface area contributed by atoms with Crippen LogP contribution in [0.2, 0.25) is 0 Å². The quantitative estimate of drug-likeness (QED) is 0.615. The summed E-state index contributed by atoms with van der Waals surface area (Å²) in [4.78, 5) is 15.8. The normalized spacial score (nSPS) is 11.5. The Morgan fingerprint density at radius 2 is 1.65 bits per heavy atom. The fourth-order valence-corrected chi connectivity index (χ4v) is 1.53. The van der Waals surface area contributed by atoms with E-state index in [0.29, 0.717) is 0 Å². The number of carbonyl (C=O) groups is 1. The largest absolute Gasteiger partial charge is 0.356 e. The fraction of sp³-hybridized carbons (Fsp3) is 0.923. The molecule has 17 heavy (non-hydrogen) atoms. The lowest BCUT2D eigenvalue weighted by Gasteiger charge is -2.18. The molecule has 1 N–H and O–H groups in total. The molecule has 0 saturated heterocycles. The van der Waals surface area contributed by atoms with E-state index < -0.39 is 0 Å². The third kappa shape index (κ3) is 10.3. The van der Waals surface area contributed by atoms with E-state index >= 15 is 0 Å². The first-order valence-corrected chi connectivity index (χ1v) is 6.54. The van der Waals surface area contributed by atoms with E-state index in [4.69, 9.17) is 0 Å². The summed E-state index contributed by atoms with van der Waals surface area (Å²) in [6.07, 6.45) is 2.22. The molecular weight excluding hydrogens is 214 g/mol. The average molecular weight is 243 g/mol. The highest BCUT2D eigenvalue weighted by atomic mass is 16.1. The molecule has 0 aromatic rings. The van der Waals surface area contributed by atoms with Gasteiger partial charge < -0.3 is 15.1 Å². The van der Waals surface area contributed by atoms with Gasteiger partial charge in [0, 0.05) is 12.5 Å². The van der Waals surface area contributed by atoms with Crippen LogP contribution < -0.4 is 5.32 Å². The van der Waals surface area contributed by atoms with Crippen LogP contribution in [0, 0.1) is 5.92 Å². The van der Waals surface area contributed by atoms with E-state index in [1.165, 1.54) is 6.42 Å². The molecule has 102 valence electrons. The van der Waals surface area contributed by atoms with E-state index in [9.17, 15) is 4.79 Å². The minimum absolute atomic E-state index is 0.0906. The molecule has 0 radical (unpaired) electrons. The number of nitrogens with one attached hydrogen (secondary N) is 1. The molecule has 0 bridgehead atoms. The van der Waals surface area contributed by atoms with Gasteiger partial charge in [0.25, 0.3) is 0 Å². The summed E-state index contributed by atoms with van der Waals surface area (Å²) in [7, 11) is 6.34. The first-order valence-electron chi connectivity index (χ1n) is 6.54. The summed E-state index contributed by atoms with van der Waals surface area (Å²) in [5.74, 6) is 0.244. The van der Waals surface area contributed by atoms with Gasteiger partial charge in [-0.15, -0.1) is 0 Å². The van der Waals surface area contributed by atoms with Crippen molar-refractivity contribution in [3.8, 4) is 0 Å². The molecule has 0 spiro atoms. The van der Waals surface area contributed by atoms with Crippen molar-refractivity contribution in [1.29, 1.82) is 0 Å². The maximum atomic E-state index is 11.3. The summed E-state index contributed by atoms with van der Waals surface area (Å²) in [6, 6.07) is 0. The first-order chi connectivity index (χ1) is 7.93. The predicted octanol–water partition coefficient (Wildman–Crippen LogP) is 1.03. The van der Waals surface area contributed by atoms with E-state index in [1.54, 1.807) is 0 Å². The van der Waals surface area contributed by atoms with Gasteiger partial charge in [0.05, 0.1) is 0 Å². The zero-order valence-corrected chi connectivity index (χ0v) is 12.1. The topological polar surface area (TPSA) is 35.6 Å². The standard InChI is InChI=1S/C13H29N3O/c1-12(2)13(17)14-8-6-10-16(5)11-7-9-15(3)4/h12H,6-11H2,1-5H3,(H,14,17). The Bertz CT molecular complexity index is 205. The Hall–Kier alpha value is -0.610. The second-order valence-electron chi connectivity index (χ2n) is 5.26. The van der Waals surface area contributed by atoms with Crippen molar-refractivity contribution in [3.63, 3.8) is 0 Å². The predicted molar refractivity (Wildman–Crippen MR) is 73.1 cm³/mol. The first kappa shape index (κ1) is 16.4. The van der Waals surface area contributed by atoms with Crippen LogP contribution in [0.25, 0.3) is 0 Å². The van der Waals surface area contributed by atoms with E-state index in [0.717, 1.165) is 32.6 Å². The number of hydrogen-bond donors (Lipinski definition) is 1. The van der Waals surface area contributed by atoms with Gasteiger partial charge in [0.2, 0.25) is 5.91 Å². The fourth-order valence-electron chi connectivity index (χ4n) is 1.53. The molecule has 0 aromatic heterocycles. The van der Waals surface area contributed by atoms with Gasteiger partial charge in [0.1, 0.15) is 0 Å². The molecule has 1 amide bonds. The van der Waals surface area contributed by atoms with Crippen molar-refractivity contribution >= 4 is 5.91 Å². The van der Waals surface area contributed by atoms with Gasteiger partial charge >= 0.3 is 0 Å². The maximum Gasteiger partial charge on any atom is 0.222 e. The molecule has 0 aliphatic carbocycles. The minimum atomic E-state index is 0.0906. The molecule has 0 aliphatic heterocycles. The van der Waals surface area contributed by atoms with Crippen LogP contribution in [0.4, 0.5) is 0 Å². The Balaban J connectivity index is 3.39. The number of amides is 1. The molecule has 0 aliphatic rings. The highest BCUT2D eigenvalue weighted by Gasteiger charge is 2.05. The second-order valence-corrected chi connectivity index (χ2v) is 5.26. The third-order valence-electron chi connectivity index (χ3n) is 2.69. The monoisotopic (exact) mass is 243 g/mol. The molecule has 0 saturated carbocycles. The number of rotatable bonds is 9. The SMILES string of the molecule is CC(C)C(=O)NCCCN(C)CCCN(C)C. The van der Waals surface area contributed by atoms with Crippen LogP contribution in [0.3, 0.4) is 0 Å². The molecule has 0 atom stereocenters. The Morgan fingerprint density at radius 3 is 2.18 bits per heavy atom. The summed E-state index contributed by atoms with van der Waals surface area (Å²) in [5, 5.41) is 2.94. The lowest BCUT2D eigenvalue weighted by Crippen LogP contribution is -2.31. The molecule has 0 heterocycles. The van der Waals surface area contributed by atoms with Crippen LogP contribution in [0.5, 0.6) is 0 Å². The van der Waals surface area contributed by atoms with E-state index in [-0.39, 0.29) is 11.8 Å². The Labute approximate surface area is 106 Å². The van der Waals surface area contributed by atoms with Crippen molar-refractivity contribution < 1.29 is 4.79 Å². The number of nitrogens with zero attached hydrogens (tertiary/aromatic N) is 2. The van der Waals surface area contributed by atoms with Gasteiger partial charge in [-0.1, -0.05) is 13.8 Å². The van der Waals surface area contributed by atoms with Crippen LogP contribution >= 0.6 is 0 Å². The minimum Gasteiger partial charge on any atom is -0.356 e. The highest BCUT2D eigenvalue weighted by Crippen LogP contribution is 1.93. The van der Waals surface area contributed by atoms with Gasteiger partial charge in [-0.2, -0.15) is 0 Å². The van der Waals surface area contributed by atoms with Gasteiger partial charge in [-0.25, -0.2) is 0 Å². The van der Waals surface area contributed by atoms with E-state index in [2.05, 4.69) is 36.3 Å². The van der Waals surface area contributed by atoms with Gasteiger partial charge in [0.15, 0.2) is 0 Å². The van der Waals surface area contributed by atoms with Crippen LogP contribution in [0.1, 0.15) is 26.7 Å². The van der Waals surface area contributed by atoms with Gasteiger partial charge in [-0.3, -0.25) is 4.79 Å². The Morgan fingerprint density at radius 1 is 1.06 bits per heavy atom. The lowest BCUT2D eigenvalue weighted by atomic mass is 10.2. The summed E-state index contributed by atoms with van der Waals surface area (Å²) in [6.45, 7) is 7.93. The zero-order valence-electron chi connectivity index (χ0n) is 12.1. The summed E-state index contributed by atoms with van der Waals surface area (Å²) < 4.78 is 0. The number of carbonyl (C=O) groups excluding carboxylic acids is 1. The molecular formula is C13H29N3O. The summed E-state index contributed by atoms with van der Waals surface area (Å²) >= 11 is 0. The Kier molecular flexibility index (Phi) is 9.09. The maximum absolute atomic E-state index is 11.3. The highest BCUT2D eigenvalue weighted by molar-refractivity contribution is 5.77. The van der Waals surface area contributed by atoms with Crippen LogP contribution in [0.15, 0.2) is 0 Å². The summed E-state index contributed by atoms with van der Waals surface area (Å²) in [5.41, 5.74) is 0. The van der Waals surface area contributed by atoms with E-state index in [1.807, 2.05) is 13.8 Å². The molecule has 0 aromatic carbocycles. The smallest absolute Gasteiger partial charge is 0.222 e. The molecule has 0 unspecified atom stereocenters. The van der Waals surface area contributed by atoms with Gasteiger partial charge in [-0.05, 0) is 53.6 Å².